The number of Topliss-reactive ketones (excluding diaryl/α,β-unsaturated/α-hetero) is 1. The first kappa shape index (κ1) is 57.3. The van der Waals surface area contributed by atoms with E-state index in [0.29, 0.717) is 0 Å². The van der Waals surface area contributed by atoms with Crippen LogP contribution in [0.2, 0.25) is 0 Å². The lowest BCUT2D eigenvalue weighted by atomic mass is 10.1. The largest absolute Gasteiger partial charge is 0.412 e. The first-order chi connectivity index (χ1) is 26.8. The molecule has 6 rings (SSSR count). The zero-order valence-corrected chi connectivity index (χ0v) is 32.5. The van der Waals surface area contributed by atoms with E-state index in [4.69, 9.17) is 30.4 Å². The molecule has 306 valence electrons. The number of hydrogen-bond donors (Lipinski definition) is 2. The van der Waals surface area contributed by atoms with Crippen molar-refractivity contribution in [2.24, 2.45) is 0 Å². The summed E-state index contributed by atoms with van der Waals surface area (Å²) in [6.45, 7) is 7.86. The van der Waals surface area contributed by atoms with Crippen molar-refractivity contribution >= 4 is 12.1 Å². The monoisotopic (exact) mass is 786 g/mol. The van der Waals surface area contributed by atoms with Crippen LogP contribution in [0.1, 0.15) is 69.8 Å². The van der Waals surface area contributed by atoms with Gasteiger partial charge in [-0.3, -0.25) is 20.1 Å². The van der Waals surface area contributed by atoms with Crippen molar-refractivity contribution in [1.29, 1.82) is 0 Å². The van der Waals surface area contributed by atoms with E-state index in [1.165, 1.54) is 11.1 Å². The number of benzene rings is 6. The van der Waals surface area contributed by atoms with E-state index in [9.17, 15) is 9.59 Å². The molecule has 0 radical (unpaired) electrons. The van der Waals surface area contributed by atoms with Crippen LogP contribution in [-0.4, -0.2) is 33.5 Å². The van der Waals surface area contributed by atoms with Gasteiger partial charge in [0.25, 0.3) is 0 Å². The van der Waals surface area contributed by atoms with Crippen molar-refractivity contribution < 1.29 is 40.8 Å². The van der Waals surface area contributed by atoms with Gasteiger partial charge in [0.2, 0.25) is 0 Å². The molecule has 0 amide bonds. The Morgan fingerprint density at radius 1 is 0.579 bits per heavy atom. The van der Waals surface area contributed by atoms with Gasteiger partial charge in [0.05, 0.1) is 0 Å². The fourth-order valence-corrected chi connectivity index (χ4v) is 3.89. The molecule has 1 unspecified atom stereocenters. The van der Waals surface area contributed by atoms with Crippen LogP contribution in [0.25, 0.3) is 0 Å². The maximum atomic E-state index is 10.6. The van der Waals surface area contributed by atoms with Crippen molar-refractivity contribution in [3.63, 3.8) is 0 Å². The number of carbonyl (C=O) groups is 2. The molecule has 0 aliphatic carbocycles. The summed E-state index contributed by atoms with van der Waals surface area (Å²) in [4.78, 5) is 56.7. The van der Waals surface area contributed by atoms with E-state index in [0.717, 1.165) is 35.0 Å². The second-order valence-corrected chi connectivity index (χ2v) is 10.9. The maximum absolute atomic E-state index is 10.6. The molecule has 1 atom stereocenters. The third-order valence-electron chi connectivity index (χ3n) is 6.81. The van der Waals surface area contributed by atoms with Gasteiger partial charge in [-0.1, -0.05) is 194 Å². The molecule has 0 spiro atoms. The summed E-state index contributed by atoms with van der Waals surface area (Å²) in [5, 5.41) is 16.3. The molecule has 6 aromatic carbocycles. The fraction of sp³-hybridized carbons (Fsp3) is 0.156. The van der Waals surface area contributed by atoms with Gasteiger partial charge in [0.1, 0.15) is 19.0 Å². The fourth-order valence-electron chi connectivity index (χ4n) is 3.89. The molecule has 6 N–H and O–H groups in total. The highest BCUT2D eigenvalue weighted by Crippen LogP contribution is 2.13. The van der Waals surface area contributed by atoms with E-state index in [2.05, 4.69) is 60.0 Å². The molecule has 57 heavy (non-hydrogen) atoms. The van der Waals surface area contributed by atoms with E-state index < -0.39 is 0 Å². The van der Waals surface area contributed by atoms with Crippen LogP contribution < -0.4 is 0 Å². The minimum absolute atomic E-state index is 0. The lowest BCUT2D eigenvalue weighted by molar-refractivity contribution is -0.277. The Bertz CT molecular complexity index is 1700. The number of hydrogen-bond acceptors (Lipinski definition) is 10. The van der Waals surface area contributed by atoms with Crippen molar-refractivity contribution in [2.75, 3.05) is 0 Å². The van der Waals surface area contributed by atoms with Crippen LogP contribution >= 0.6 is 0 Å². The standard InChI is InChI=1S/C8H10O2.C8H8O.C8H10.C7H8O2.C7H6O.C7H8.2O2.2H2O/c1-7(10-9)8-5-3-2-4-6-8;1-7(9)8-5-3-2-4-6-8;1-2-8-6-4-3-5-7-8;8-9-6-7-4-2-1-3-5-7;8-6-7-4-2-1-3-5-7;1-7-5-3-2-4-6-7;2*1-2;;/h2-7,9H,1H3;2-6H,1H3;3-7H,2H2,1H3;1-5,8H,6H2;1-6H;2-6H,1H3;;;2*1H2. The lowest BCUT2D eigenvalue weighted by Gasteiger charge is -2.05. The normalized spacial score (nSPS) is 8.88. The summed E-state index contributed by atoms with van der Waals surface area (Å²) in [6, 6.07) is 58.1. The Morgan fingerprint density at radius 3 is 1.19 bits per heavy atom. The highest BCUT2D eigenvalue weighted by atomic mass is 17.1. The van der Waals surface area contributed by atoms with Crippen molar-refractivity contribution in [3.05, 3.63) is 235 Å². The number of aldehydes is 1. The van der Waals surface area contributed by atoms with Gasteiger partial charge in [-0.15, -0.1) is 0 Å². The van der Waals surface area contributed by atoms with Gasteiger partial charge in [0, 0.05) is 31.0 Å². The molecule has 0 saturated heterocycles. The summed E-state index contributed by atoms with van der Waals surface area (Å²) in [5.41, 5.74) is 6.19. The predicted molar refractivity (Wildman–Crippen MR) is 228 cm³/mol. The Labute approximate surface area is 334 Å². The van der Waals surface area contributed by atoms with Crippen LogP contribution in [0, 0.1) is 26.8 Å². The highest BCUT2D eigenvalue weighted by Gasteiger charge is 2.01. The second-order valence-electron chi connectivity index (χ2n) is 10.9. The first-order valence-electron chi connectivity index (χ1n) is 16.9. The number of carbonyl (C=O) groups excluding carboxylic acids is 2. The molecule has 0 aliphatic rings. The van der Waals surface area contributed by atoms with Crippen molar-refractivity contribution in [2.45, 2.75) is 46.8 Å². The van der Waals surface area contributed by atoms with E-state index >= 15 is 0 Å². The summed E-state index contributed by atoms with van der Waals surface area (Å²) in [7, 11) is 0. The Balaban J connectivity index is -0.000000289. The zero-order chi connectivity index (χ0) is 41.4. The second kappa shape index (κ2) is 42.4. The van der Waals surface area contributed by atoms with Gasteiger partial charge < -0.3 is 11.0 Å². The third kappa shape index (κ3) is 32.7. The molecule has 0 bridgehead atoms. The average Bonchev–Trinajstić information content (AvgIpc) is 3.28. The van der Waals surface area contributed by atoms with Crippen molar-refractivity contribution in [1.82, 2.24) is 0 Å². The average molecular weight is 787 g/mol. The summed E-state index contributed by atoms with van der Waals surface area (Å²) < 4.78 is 0. The van der Waals surface area contributed by atoms with Gasteiger partial charge in [-0.25, -0.2) is 9.78 Å². The van der Waals surface area contributed by atoms with Crippen LogP contribution in [0.5, 0.6) is 0 Å². The maximum Gasteiger partial charge on any atom is 0.159 e. The Kier molecular flexibility index (Phi) is 42.6. The van der Waals surface area contributed by atoms with Crippen LogP contribution in [0.4, 0.5) is 0 Å². The van der Waals surface area contributed by atoms with Gasteiger partial charge in [-0.05, 0) is 43.9 Å². The van der Waals surface area contributed by atoms with Gasteiger partial charge >= 0.3 is 0 Å². The van der Waals surface area contributed by atoms with Gasteiger partial charge in [-0.2, -0.15) is 0 Å². The SMILES string of the molecule is CC(=O)c1ccccc1.CC(OO)c1ccccc1.CCc1ccccc1.Cc1ccccc1.O.O.O=Cc1ccccc1.O=O.O=O.OOCc1ccccc1. The smallest absolute Gasteiger partial charge is 0.159 e. The minimum atomic E-state index is -0.235. The van der Waals surface area contributed by atoms with Crippen LogP contribution in [0.3, 0.4) is 0 Å². The molecule has 0 aromatic heterocycles. The zero-order valence-electron chi connectivity index (χ0n) is 32.5. The first-order valence-corrected chi connectivity index (χ1v) is 16.9. The van der Waals surface area contributed by atoms with Crippen molar-refractivity contribution in [3.8, 4) is 0 Å². The van der Waals surface area contributed by atoms with E-state index in [1.54, 1.807) is 26.0 Å². The number of rotatable bonds is 7. The molecule has 0 aliphatic heterocycles. The lowest BCUT2D eigenvalue weighted by Crippen LogP contribution is -1.94. The molecule has 0 heterocycles. The summed E-state index contributed by atoms with van der Waals surface area (Å²) in [5.74, 6) is 0.121. The molecular formula is C45H54O12. The molecule has 12 heteroatoms. The molecule has 0 saturated carbocycles. The summed E-state index contributed by atoms with van der Waals surface area (Å²) >= 11 is 0. The van der Waals surface area contributed by atoms with Gasteiger partial charge in [0.15, 0.2) is 5.78 Å². The Hall–Kier alpha value is -6.38. The molecule has 0 fully saturated rings. The molecule has 12 nitrogen and oxygen atoms in total. The van der Waals surface area contributed by atoms with E-state index in [1.807, 2.05) is 133 Å². The quantitative estimate of drug-likeness (QED) is 0.0674. The van der Waals surface area contributed by atoms with Crippen LogP contribution in [-0.2, 0) is 22.8 Å². The molecular weight excluding hydrogens is 732 g/mol. The number of aryl methyl sites for hydroxylation is 2. The summed E-state index contributed by atoms with van der Waals surface area (Å²) in [6.07, 6.45) is 1.74. The highest BCUT2D eigenvalue weighted by molar-refractivity contribution is 5.93. The molecule has 6 aromatic rings. The van der Waals surface area contributed by atoms with Crippen LogP contribution in [0.15, 0.2) is 182 Å². The minimum Gasteiger partial charge on any atom is -0.412 e. The third-order valence-corrected chi connectivity index (χ3v) is 6.81. The van der Waals surface area contributed by atoms with E-state index in [-0.39, 0.29) is 29.4 Å². The topological polar surface area (TPSA) is 224 Å². The number of ketones is 1. The Morgan fingerprint density at radius 2 is 0.930 bits per heavy atom. The predicted octanol–water partition coefficient (Wildman–Crippen LogP) is 10.0.